The summed E-state index contributed by atoms with van der Waals surface area (Å²) in [5, 5.41) is 2.86. The van der Waals surface area contributed by atoms with Gasteiger partial charge in [-0.1, -0.05) is 24.6 Å². The second kappa shape index (κ2) is 7.88. The molecule has 2 fully saturated rings. The topological polar surface area (TPSA) is 66.5 Å². The maximum Gasteiger partial charge on any atom is 0.243 e. The first-order valence-corrected chi connectivity index (χ1v) is 11.5. The first-order chi connectivity index (χ1) is 13.9. The van der Waals surface area contributed by atoms with Crippen LogP contribution in [0.1, 0.15) is 42.7 Å². The van der Waals surface area contributed by atoms with E-state index in [0.717, 1.165) is 24.8 Å². The lowest BCUT2D eigenvalue weighted by molar-refractivity contribution is -0.117. The molecule has 2 aliphatic rings. The number of hydrogen-bond acceptors (Lipinski definition) is 3. The van der Waals surface area contributed by atoms with Crippen LogP contribution in [0.2, 0.25) is 0 Å². The number of benzene rings is 2. The van der Waals surface area contributed by atoms with Gasteiger partial charge in [0.25, 0.3) is 0 Å². The summed E-state index contributed by atoms with van der Waals surface area (Å²) in [6.45, 7) is 2.85. The third-order valence-electron chi connectivity index (χ3n) is 5.81. The van der Waals surface area contributed by atoms with Crippen molar-refractivity contribution < 1.29 is 17.6 Å². The zero-order chi connectivity index (χ0) is 20.6. The Morgan fingerprint density at radius 2 is 1.76 bits per heavy atom. The number of nitrogens with zero attached hydrogens (tertiary/aromatic N) is 1. The molecule has 0 spiro atoms. The molecule has 1 heterocycles. The van der Waals surface area contributed by atoms with Gasteiger partial charge < -0.3 is 5.32 Å². The minimum absolute atomic E-state index is 0.0811. The predicted molar refractivity (Wildman–Crippen MR) is 110 cm³/mol. The van der Waals surface area contributed by atoms with E-state index in [0.29, 0.717) is 30.8 Å². The average molecular weight is 417 g/mol. The van der Waals surface area contributed by atoms with Gasteiger partial charge in [0.1, 0.15) is 5.82 Å². The fourth-order valence-corrected chi connectivity index (χ4v) is 5.77. The first kappa shape index (κ1) is 20.0. The molecule has 154 valence electrons. The summed E-state index contributed by atoms with van der Waals surface area (Å²) in [6.07, 6.45) is 3.52. The predicted octanol–water partition coefficient (Wildman–Crippen LogP) is 4.05. The van der Waals surface area contributed by atoms with Crippen LogP contribution in [0.4, 0.5) is 10.1 Å². The summed E-state index contributed by atoms with van der Waals surface area (Å²) in [7, 11) is -3.57. The highest BCUT2D eigenvalue weighted by molar-refractivity contribution is 7.89. The van der Waals surface area contributed by atoms with Gasteiger partial charge in [-0.3, -0.25) is 4.79 Å². The van der Waals surface area contributed by atoms with Gasteiger partial charge in [-0.25, -0.2) is 12.8 Å². The standard InChI is InChI=1S/C22H25FN2O3S/c1-15-5-10-18(13-21(15)29(27,28)25-11-3-2-4-12-25)24-22(26)20-14-19(20)16-6-8-17(23)9-7-16/h5-10,13,19-20H,2-4,11-12,14H2,1H3,(H,24,26). The van der Waals surface area contributed by atoms with Crippen LogP contribution in [0.3, 0.4) is 0 Å². The molecule has 1 saturated carbocycles. The lowest BCUT2D eigenvalue weighted by Crippen LogP contribution is -2.36. The molecular weight excluding hydrogens is 391 g/mol. The molecule has 1 N–H and O–H groups in total. The third kappa shape index (κ3) is 4.21. The van der Waals surface area contributed by atoms with E-state index in [2.05, 4.69) is 5.32 Å². The molecule has 1 saturated heterocycles. The van der Waals surface area contributed by atoms with Gasteiger partial charge >= 0.3 is 0 Å². The zero-order valence-corrected chi connectivity index (χ0v) is 17.2. The normalized spacial score (nSPS) is 22.3. The van der Waals surface area contributed by atoms with Crippen LogP contribution in [-0.2, 0) is 14.8 Å². The van der Waals surface area contributed by atoms with Gasteiger partial charge in [0.2, 0.25) is 15.9 Å². The van der Waals surface area contributed by atoms with Gasteiger partial charge in [-0.05, 0) is 67.5 Å². The number of halogens is 1. The molecule has 7 heteroatoms. The summed E-state index contributed by atoms with van der Waals surface area (Å²) in [4.78, 5) is 12.9. The van der Waals surface area contributed by atoms with Crippen LogP contribution in [0.5, 0.6) is 0 Å². The molecule has 1 aliphatic carbocycles. The highest BCUT2D eigenvalue weighted by Gasteiger charge is 2.44. The SMILES string of the molecule is Cc1ccc(NC(=O)C2CC2c2ccc(F)cc2)cc1S(=O)(=O)N1CCCCC1. The Bertz CT molecular complexity index is 1010. The summed E-state index contributed by atoms with van der Waals surface area (Å²) in [6, 6.07) is 11.3. The van der Waals surface area contributed by atoms with Crippen LogP contribution >= 0.6 is 0 Å². The Kier molecular flexibility index (Phi) is 5.44. The Balaban J connectivity index is 1.48. The molecular formula is C22H25FN2O3S. The van der Waals surface area contributed by atoms with Gasteiger partial charge in [0.15, 0.2) is 0 Å². The largest absolute Gasteiger partial charge is 0.326 e. The number of sulfonamides is 1. The maximum absolute atomic E-state index is 13.1. The molecule has 1 aliphatic heterocycles. The Hall–Kier alpha value is -2.25. The van der Waals surface area contributed by atoms with Crippen LogP contribution in [0.25, 0.3) is 0 Å². The average Bonchev–Trinajstić information content (AvgIpc) is 3.51. The summed E-state index contributed by atoms with van der Waals surface area (Å²) in [5.41, 5.74) is 2.11. The lowest BCUT2D eigenvalue weighted by Gasteiger charge is -2.26. The molecule has 2 aromatic carbocycles. The smallest absolute Gasteiger partial charge is 0.243 e. The minimum Gasteiger partial charge on any atom is -0.326 e. The lowest BCUT2D eigenvalue weighted by atomic mass is 10.1. The van der Waals surface area contributed by atoms with Crippen molar-refractivity contribution >= 4 is 21.6 Å². The van der Waals surface area contributed by atoms with E-state index >= 15 is 0 Å². The maximum atomic E-state index is 13.1. The van der Waals surface area contributed by atoms with Crippen molar-refractivity contribution in [2.75, 3.05) is 18.4 Å². The third-order valence-corrected chi connectivity index (χ3v) is 7.85. The van der Waals surface area contributed by atoms with Gasteiger partial charge in [-0.15, -0.1) is 0 Å². The van der Waals surface area contributed by atoms with Crippen molar-refractivity contribution in [2.24, 2.45) is 5.92 Å². The molecule has 1 amide bonds. The van der Waals surface area contributed by atoms with Crippen LogP contribution < -0.4 is 5.32 Å². The number of nitrogens with one attached hydrogen (secondary N) is 1. The number of rotatable bonds is 5. The van der Waals surface area contributed by atoms with Gasteiger partial charge in [0, 0.05) is 24.7 Å². The number of carbonyl (C=O) groups excluding carboxylic acids is 1. The summed E-state index contributed by atoms with van der Waals surface area (Å²) in [5.74, 6) is -0.525. The van der Waals surface area contributed by atoms with E-state index < -0.39 is 10.0 Å². The van der Waals surface area contributed by atoms with Crippen LogP contribution in [0, 0.1) is 18.7 Å². The molecule has 2 unspecified atom stereocenters. The fraction of sp³-hybridized carbons (Fsp3) is 0.409. The summed E-state index contributed by atoms with van der Waals surface area (Å²) >= 11 is 0. The van der Waals surface area contributed by atoms with Crippen molar-refractivity contribution in [1.29, 1.82) is 0 Å². The minimum atomic E-state index is -3.57. The molecule has 29 heavy (non-hydrogen) atoms. The van der Waals surface area contributed by atoms with Crippen molar-refractivity contribution in [3.05, 3.63) is 59.4 Å². The van der Waals surface area contributed by atoms with E-state index in [9.17, 15) is 17.6 Å². The molecule has 0 aromatic heterocycles. The van der Waals surface area contributed by atoms with Crippen molar-refractivity contribution in [2.45, 2.75) is 43.4 Å². The molecule has 4 rings (SSSR count). The Morgan fingerprint density at radius 3 is 2.45 bits per heavy atom. The van der Waals surface area contributed by atoms with E-state index in [4.69, 9.17) is 0 Å². The van der Waals surface area contributed by atoms with Crippen molar-refractivity contribution in [3.63, 3.8) is 0 Å². The second-order valence-corrected chi connectivity index (χ2v) is 9.84. The highest BCUT2D eigenvalue weighted by Crippen LogP contribution is 2.48. The summed E-state index contributed by atoms with van der Waals surface area (Å²) < 4.78 is 40.7. The molecule has 0 bridgehead atoms. The molecule has 5 nitrogen and oxygen atoms in total. The van der Waals surface area contributed by atoms with Crippen molar-refractivity contribution in [1.82, 2.24) is 4.31 Å². The van der Waals surface area contributed by atoms with Crippen LogP contribution in [0.15, 0.2) is 47.4 Å². The Labute approximate surface area is 171 Å². The molecule has 2 atom stereocenters. The number of carbonyl (C=O) groups is 1. The van der Waals surface area contributed by atoms with Crippen molar-refractivity contribution in [3.8, 4) is 0 Å². The van der Waals surface area contributed by atoms with E-state index in [1.807, 2.05) is 0 Å². The monoisotopic (exact) mass is 416 g/mol. The number of anilines is 1. The second-order valence-electron chi connectivity index (χ2n) is 7.93. The number of amides is 1. The quantitative estimate of drug-likeness (QED) is 0.800. The van der Waals surface area contributed by atoms with Gasteiger partial charge in [0.05, 0.1) is 4.90 Å². The van der Waals surface area contributed by atoms with Gasteiger partial charge in [-0.2, -0.15) is 4.31 Å². The number of hydrogen-bond donors (Lipinski definition) is 1. The fourth-order valence-electron chi connectivity index (χ4n) is 4.00. The highest BCUT2D eigenvalue weighted by atomic mass is 32.2. The van der Waals surface area contributed by atoms with E-state index in [1.54, 1.807) is 37.3 Å². The molecule has 2 aromatic rings. The molecule has 0 radical (unpaired) electrons. The van der Waals surface area contributed by atoms with E-state index in [1.165, 1.54) is 16.4 Å². The first-order valence-electron chi connectivity index (χ1n) is 10.0. The van der Waals surface area contributed by atoms with E-state index in [-0.39, 0.29) is 28.5 Å². The van der Waals surface area contributed by atoms with Crippen LogP contribution in [-0.4, -0.2) is 31.7 Å². The Morgan fingerprint density at radius 1 is 1.07 bits per heavy atom. The zero-order valence-electron chi connectivity index (χ0n) is 16.4. The number of piperidine rings is 1. The number of aryl methyl sites for hydroxylation is 1.